The summed E-state index contributed by atoms with van der Waals surface area (Å²) in [5, 5.41) is 2.82. The second kappa shape index (κ2) is 8.37. The lowest BCUT2D eigenvalue weighted by Gasteiger charge is -2.26. The first kappa shape index (κ1) is 19.1. The van der Waals surface area contributed by atoms with Crippen molar-refractivity contribution in [2.24, 2.45) is 0 Å². The van der Waals surface area contributed by atoms with Crippen molar-refractivity contribution < 1.29 is 0 Å². The van der Waals surface area contributed by atoms with Gasteiger partial charge in [-0.3, -0.25) is 0 Å². The normalized spacial score (nSPS) is 12.1. The van der Waals surface area contributed by atoms with Crippen molar-refractivity contribution in [2.75, 3.05) is 0 Å². The Morgan fingerprint density at radius 2 is 1.15 bits per heavy atom. The molecule has 136 valence electrons. The molecular formula is C26H28Si. The number of aryl methyl sites for hydroxylation is 3. The molecule has 0 aliphatic rings. The van der Waals surface area contributed by atoms with Gasteiger partial charge in [0.25, 0.3) is 0 Å². The minimum absolute atomic E-state index is 1.31. The van der Waals surface area contributed by atoms with E-state index in [1.165, 1.54) is 32.6 Å². The fourth-order valence-electron chi connectivity index (χ4n) is 3.68. The van der Waals surface area contributed by atoms with Crippen molar-refractivity contribution in [3.05, 3.63) is 113 Å². The van der Waals surface area contributed by atoms with Crippen LogP contribution in [0.5, 0.6) is 0 Å². The molecule has 1 heteroatoms. The van der Waals surface area contributed by atoms with E-state index in [4.69, 9.17) is 0 Å². The van der Waals surface area contributed by atoms with E-state index in [1.807, 2.05) is 0 Å². The van der Waals surface area contributed by atoms with E-state index >= 15 is 0 Å². The van der Waals surface area contributed by atoms with Crippen molar-refractivity contribution in [3.63, 3.8) is 0 Å². The topological polar surface area (TPSA) is 0 Å². The highest BCUT2D eigenvalue weighted by Crippen LogP contribution is 2.19. The van der Waals surface area contributed by atoms with Crippen LogP contribution in [0.1, 0.15) is 29.2 Å². The molecule has 0 aliphatic carbocycles. The van der Waals surface area contributed by atoms with Crippen molar-refractivity contribution >= 4 is 24.5 Å². The fourth-order valence-corrected chi connectivity index (χ4v) is 7.35. The van der Waals surface area contributed by atoms with Crippen LogP contribution in [0.3, 0.4) is 0 Å². The smallest absolute Gasteiger partial charge is 0.0945 e. The number of allylic oxidation sites excluding steroid dienone is 1. The zero-order valence-electron chi connectivity index (χ0n) is 16.7. The molecule has 0 spiro atoms. The number of hydrogen-bond acceptors (Lipinski definition) is 0. The highest BCUT2D eigenvalue weighted by atomic mass is 28.3. The fraction of sp³-hybridized carbons (Fsp3) is 0.154. The maximum Gasteiger partial charge on any atom is 0.164 e. The van der Waals surface area contributed by atoms with E-state index in [1.54, 1.807) is 0 Å². The zero-order chi connectivity index (χ0) is 19.3. The van der Waals surface area contributed by atoms with E-state index in [9.17, 15) is 0 Å². The third-order valence-electron chi connectivity index (χ3n) is 5.34. The van der Waals surface area contributed by atoms with Crippen LogP contribution >= 0.6 is 0 Å². The van der Waals surface area contributed by atoms with Crippen LogP contribution in [0.2, 0.25) is 0 Å². The van der Waals surface area contributed by atoms with Crippen molar-refractivity contribution in [3.8, 4) is 0 Å². The van der Waals surface area contributed by atoms with Gasteiger partial charge in [0.05, 0.1) is 0 Å². The van der Waals surface area contributed by atoms with Crippen molar-refractivity contribution in [1.82, 2.24) is 0 Å². The lowest BCUT2D eigenvalue weighted by Crippen LogP contribution is -2.55. The Balaban J connectivity index is 2.20. The Morgan fingerprint density at radius 1 is 0.630 bits per heavy atom. The summed E-state index contributed by atoms with van der Waals surface area (Å²) in [7, 11) is -2.15. The maximum atomic E-state index is 2.48. The molecule has 0 fully saturated rings. The third-order valence-corrected chi connectivity index (χ3v) is 9.47. The molecule has 3 aromatic carbocycles. The minimum atomic E-state index is -2.15. The summed E-state index contributed by atoms with van der Waals surface area (Å²) >= 11 is 0. The van der Waals surface area contributed by atoms with Crippen LogP contribution in [0.25, 0.3) is 6.08 Å². The first-order valence-corrected chi connectivity index (χ1v) is 11.7. The predicted octanol–water partition coefficient (Wildman–Crippen LogP) is 5.54. The highest BCUT2D eigenvalue weighted by Gasteiger charge is 2.31. The molecule has 0 saturated heterocycles. The number of hydrogen-bond donors (Lipinski definition) is 0. The molecule has 0 aliphatic heterocycles. The van der Waals surface area contributed by atoms with Crippen LogP contribution in [-0.2, 0) is 0 Å². The lowest BCUT2D eigenvalue weighted by atomic mass is 10.0. The summed E-state index contributed by atoms with van der Waals surface area (Å²) in [5.41, 5.74) is 10.3. The van der Waals surface area contributed by atoms with Gasteiger partial charge >= 0.3 is 0 Å². The molecule has 0 aromatic heterocycles. The number of rotatable bonds is 5. The summed E-state index contributed by atoms with van der Waals surface area (Å²) < 4.78 is 0. The molecule has 3 aromatic rings. The van der Waals surface area contributed by atoms with Crippen LogP contribution in [-0.4, -0.2) is 8.07 Å². The predicted molar refractivity (Wildman–Crippen MR) is 122 cm³/mol. The molecule has 0 nitrogen and oxygen atoms in total. The van der Waals surface area contributed by atoms with Crippen LogP contribution in [0.15, 0.2) is 90.3 Å². The van der Waals surface area contributed by atoms with E-state index in [0.29, 0.717) is 0 Å². The molecule has 0 heterocycles. The summed E-state index contributed by atoms with van der Waals surface area (Å²) in [5.74, 6) is 0. The standard InChI is InChI=1S/C26H28Si/c1-5-17-27(25-12-8-6-9-13-25,26-14-10-7-11-15-26)18-16-24-20-22(3)21(2)19-23(24)4/h5-20H,1-4H3. The molecule has 0 bridgehead atoms. The Kier molecular flexibility index (Phi) is 5.93. The van der Waals surface area contributed by atoms with Gasteiger partial charge in [-0.05, 0) is 60.3 Å². The summed E-state index contributed by atoms with van der Waals surface area (Å²) in [6.07, 6.45) is 4.55. The summed E-state index contributed by atoms with van der Waals surface area (Å²) in [6, 6.07) is 26.5. The van der Waals surface area contributed by atoms with Gasteiger partial charge in [-0.25, -0.2) is 0 Å². The minimum Gasteiger partial charge on any atom is -0.0945 e. The van der Waals surface area contributed by atoms with Crippen LogP contribution in [0.4, 0.5) is 0 Å². The Bertz CT molecular complexity index is 911. The first-order valence-electron chi connectivity index (χ1n) is 9.59. The zero-order valence-corrected chi connectivity index (χ0v) is 17.7. The average Bonchev–Trinajstić information content (AvgIpc) is 2.70. The van der Waals surface area contributed by atoms with Gasteiger partial charge in [-0.1, -0.05) is 96.3 Å². The van der Waals surface area contributed by atoms with Gasteiger partial charge in [0, 0.05) is 0 Å². The van der Waals surface area contributed by atoms with E-state index in [2.05, 4.69) is 124 Å². The second-order valence-electron chi connectivity index (χ2n) is 7.23. The van der Waals surface area contributed by atoms with Gasteiger partial charge in [0.2, 0.25) is 0 Å². The van der Waals surface area contributed by atoms with Crippen molar-refractivity contribution in [1.29, 1.82) is 0 Å². The summed E-state index contributed by atoms with van der Waals surface area (Å²) in [4.78, 5) is 0. The van der Waals surface area contributed by atoms with Crippen LogP contribution < -0.4 is 10.4 Å². The lowest BCUT2D eigenvalue weighted by molar-refractivity contribution is 1.29. The molecule has 0 atom stereocenters. The Morgan fingerprint density at radius 3 is 1.67 bits per heavy atom. The van der Waals surface area contributed by atoms with Crippen LogP contribution in [0, 0.1) is 20.8 Å². The van der Waals surface area contributed by atoms with Gasteiger partial charge < -0.3 is 0 Å². The Hall–Kier alpha value is -2.64. The SMILES string of the molecule is CC=C[Si](C=Cc1cc(C)c(C)cc1C)(c1ccccc1)c1ccccc1. The molecule has 27 heavy (non-hydrogen) atoms. The largest absolute Gasteiger partial charge is 0.164 e. The monoisotopic (exact) mass is 368 g/mol. The molecule has 0 N–H and O–H groups in total. The average molecular weight is 369 g/mol. The van der Waals surface area contributed by atoms with Gasteiger partial charge in [-0.2, -0.15) is 0 Å². The molecule has 3 rings (SSSR count). The molecule has 0 unspecified atom stereocenters. The molecule has 0 amide bonds. The molecule has 0 saturated carbocycles. The highest BCUT2D eigenvalue weighted by molar-refractivity contribution is 7.09. The maximum absolute atomic E-state index is 2.48. The molecular weight excluding hydrogens is 340 g/mol. The van der Waals surface area contributed by atoms with Gasteiger partial charge in [0.15, 0.2) is 8.07 Å². The van der Waals surface area contributed by atoms with E-state index in [0.717, 1.165) is 0 Å². The first-order chi connectivity index (χ1) is 13.1. The van der Waals surface area contributed by atoms with E-state index in [-0.39, 0.29) is 0 Å². The third kappa shape index (κ3) is 4.04. The quantitative estimate of drug-likeness (QED) is 0.519. The summed E-state index contributed by atoms with van der Waals surface area (Å²) in [6.45, 7) is 8.71. The van der Waals surface area contributed by atoms with Gasteiger partial charge in [-0.15, -0.1) is 0 Å². The van der Waals surface area contributed by atoms with Crippen molar-refractivity contribution in [2.45, 2.75) is 27.7 Å². The Labute approximate surface area is 164 Å². The second-order valence-corrected chi connectivity index (χ2v) is 10.8. The van der Waals surface area contributed by atoms with Gasteiger partial charge in [0.1, 0.15) is 0 Å². The number of benzene rings is 3. The molecule has 0 radical (unpaired) electrons. The van der Waals surface area contributed by atoms with E-state index < -0.39 is 8.07 Å².